The van der Waals surface area contributed by atoms with Crippen molar-refractivity contribution in [1.82, 2.24) is 4.90 Å². The second-order valence-corrected chi connectivity index (χ2v) is 7.45. The molecule has 1 aromatic carbocycles. The van der Waals surface area contributed by atoms with E-state index in [1.54, 1.807) is 6.07 Å². The molecule has 108 valence electrons. The van der Waals surface area contributed by atoms with E-state index in [1.807, 2.05) is 19.1 Å². The SMILES string of the molecule is Cc1ccc(Br)cc1C(=O)N1CC(C(C)(C)C)CC1=O. The molecule has 1 aromatic rings. The van der Waals surface area contributed by atoms with Crippen molar-refractivity contribution < 1.29 is 9.59 Å². The van der Waals surface area contributed by atoms with Crippen molar-refractivity contribution in [1.29, 1.82) is 0 Å². The number of likely N-dealkylation sites (tertiary alicyclic amines) is 1. The summed E-state index contributed by atoms with van der Waals surface area (Å²) in [6.07, 6.45) is 0.461. The molecule has 1 saturated heterocycles. The van der Waals surface area contributed by atoms with Crippen LogP contribution in [0.1, 0.15) is 43.1 Å². The summed E-state index contributed by atoms with van der Waals surface area (Å²) in [7, 11) is 0. The summed E-state index contributed by atoms with van der Waals surface area (Å²) < 4.78 is 0.852. The molecule has 2 rings (SSSR count). The first-order valence-electron chi connectivity index (χ1n) is 6.81. The molecule has 0 saturated carbocycles. The molecule has 0 aromatic heterocycles. The van der Waals surface area contributed by atoms with Crippen LogP contribution in [0.2, 0.25) is 0 Å². The Bertz CT molecular complexity index is 560. The lowest BCUT2D eigenvalue weighted by atomic mass is 9.80. The number of hydrogen-bond acceptors (Lipinski definition) is 2. The van der Waals surface area contributed by atoms with Gasteiger partial charge in [0, 0.05) is 23.0 Å². The molecule has 1 fully saturated rings. The number of amides is 2. The zero-order chi connectivity index (χ0) is 15.1. The van der Waals surface area contributed by atoms with Crippen molar-refractivity contribution in [2.45, 2.75) is 34.1 Å². The molecular weight excluding hydrogens is 318 g/mol. The Hall–Kier alpha value is -1.16. The molecule has 0 spiro atoms. The summed E-state index contributed by atoms with van der Waals surface area (Å²) in [5.74, 6) is -0.0127. The Balaban J connectivity index is 2.26. The predicted octanol–water partition coefficient (Wildman–Crippen LogP) is 3.79. The zero-order valence-electron chi connectivity index (χ0n) is 12.4. The summed E-state index contributed by atoms with van der Waals surface area (Å²) in [4.78, 5) is 26.1. The molecule has 1 heterocycles. The second kappa shape index (κ2) is 5.32. The van der Waals surface area contributed by atoms with E-state index in [4.69, 9.17) is 0 Å². The largest absolute Gasteiger partial charge is 0.278 e. The maximum atomic E-state index is 12.6. The van der Waals surface area contributed by atoms with E-state index >= 15 is 0 Å². The van der Waals surface area contributed by atoms with Crippen LogP contribution in [0, 0.1) is 18.3 Å². The Labute approximate surface area is 128 Å². The van der Waals surface area contributed by atoms with Gasteiger partial charge in [-0.3, -0.25) is 14.5 Å². The molecule has 1 atom stereocenters. The number of nitrogens with zero attached hydrogens (tertiary/aromatic N) is 1. The summed E-state index contributed by atoms with van der Waals surface area (Å²) in [5, 5.41) is 0. The van der Waals surface area contributed by atoms with Crippen LogP contribution >= 0.6 is 15.9 Å². The highest BCUT2D eigenvalue weighted by Crippen LogP contribution is 2.35. The number of rotatable bonds is 1. The van der Waals surface area contributed by atoms with Crippen LogP contribution in [0.5, 0.6) is 0 Å². The first-order valence-corrected chi connectivity index (χ1v) is 7.60. The quantitative estimate of drug-likeness (QED) is 0.731. The van der Waals surface area contributed by atoms with Crippen LogP contribution in [-0.4, -0.2) is 23.3 Å². The highest BCUT2D eigenvalue weighted by atomic mass is 79.9. The average Bonchev–Trinajstić information content (AvgIpc) is 2.73. The molecule has 2 amide bonds. The highest BCUT2D eigenvalue weighted by Gasteiger charge is 2.40. The van der Waals surface area contributed by atoms with E-state index in [0.717, 1.165) is 10.0 Å². The lowest BCUT2D eigenvalue weighted by Gasteiger charge is -2.26. The summed E-state index contributed by atoms with van der Waals surface area (Å²) >= 11 is 3.38. The van der Waals surface area contributed by atoms with Crippen LogP contribution in [0.25, 0.3) is 0 Å². The van der Waals surface area contributed by atoms with E-state index in [1.165, 1.54) is 4.90 Å². The molecule has 3 nitrogen and oxygen atoms in total. The van der Waals surface area contributed by atoms with Gasteiger partial charge < -0.3 is 0 Å². The van der Waals surface area contributed by atoms with Crippen LogP contribution in [0.15, 0.2) is 22.7 Å². The van der Waals surface area contributed by atoms with E-state index < -0.39 is 0 Å². The molecule has 4 heteroatoms. The van der Waals surface area contributed by atoms with Crippen molar-refractivity contribution in [3.8, 4) is 0 Å². The minimum absolute atomic E-state index is 0.0387. The Morgan fingerprint density at radius 2 is 2.00 bits per heavy atom. The first-order chi connectivity index (χ1) is 9.20. The zero-order valence-corrected chi connectivity index (χ0v) is 14.0. The third-order valence-corrected chi connectivity index (χ3v) is 4.52. The number of imide groups is 1. The topological polar surface area (TPSA) is 37.4 Å². The second-order valence-electron chi connectivity index (χ2n) is 6.54. The third kappa shape index (κ3) is 2.95. The molecule has 20 heavy (non-hydrogen) atoms. The molecule has 0 bridgehead atoms. The van der Waals surface area contributed by atoms with E-state index in [9.17, 15) is 9.59 Å². The van der Waals surface area contributed by atoms with Gasteiger partial charge in [-0.2, -0.15) is 0 Å². The molecular formula is C16H20BrNO2. The van der Waals surface area contributed by atoms with Gasteiger partial charge in [0.15, 0.2) is 0 Å². The summed E-state index contributed by atoms with van der Waals surface area (Å²) in [6.45, 7) is 8.75. The van der Waals surface area contributed by atoms with Crippen molar-refractivity contribution in [3.63, 3.8) is 0 Å². The highest BCUT2D eigenvalue weighted by molar-refractivity contribution is 9.10. The van der Waals surface area contributed by atoms with Crippen LogP contribution in [0.4, 0.5) is 0 Å². The number of halogens is 1. The van der Waals surface area contributed by atoms with Crippen LogP contribution in [0.3, 0.4) is 0 Å². The van der Waals surface area contributed by atoms with Gasteiger partial charge in [0.2, 0.25) is 5.91 Å². The maximum absolute atomic E-state index is 12.6. The van der Waals surface area contributed by atoms with Gasteiger partial charge in [0.1, 0.15) is 0 Å². The smallest absolute Gasteiger partial charge is 0.260 e. The fourth-order valence-corrected chi connectivity index (χ4v) is 2.82. The van der Waals surface area contributed by atoms with Crippen molar-refractivity contribution in [2.24, 2.45) is 11.3 Å². The van der Waals surface area contributed by atoms with E-state index in [2.05, 4.69) is 36.7 Å². The number of benzene rings is 1. The third-order valence-electron chi connectivity index (χ3n) is 4.02. The Kier molecular flexibility index (Phi) is 4.05. The van der Waals surface area contributed by atoms with Crippen LogP contribution < -0.4 is 0 Å². The van der Waals surface area contributed by atoms with Gasteiger partial charge in [0.05, 0.1) is 0 Å². The minimum Gasteiger partial charge on any atom is -0.278 e. The Morgan fingerprint density at radius 1 is 1.35 bits per heavy atom. The van der Waals surface area contributed by atoms with Crippen molar-refractivity contribution in [3.05, 3.63) is 33.8 Å². The molecule has 0 radical (unpaired) electrons. The number of carbonyl (C=O) groups is 2. The summed E-state index contributed by atoms with van der Waals surface area (Å²) in [6, 6.07) is 5.57. The number of aryl methyl sites for hydroxylation is 1. The average molecular weight is 338 g/mol. The number of hydrogen-bond donors (Lipinski definition) is 0. The summed E-state index contributed by atoms with van der Waals surface area (Å²) in [5.41, 5.74) is 1.53. The molecule has 0 N–H and O–H groups in total. The van der Waals surface area contributed by atoms with Crippen molar-refractivity contribution in [2.75, 3.05) is 6.54 Å². The van der Waals surface area contributed by atoms with Gasteiger partial charge in [-0.05, 0) is 36.0 Å². The van der Waals surface area contributed by atoms with Gasteiger partial charge in [-0.25, -0.2) is 0 Å². The number of carbonyl (C=O) groups excluding carboxylic acids is 2. The molecule has 1 aliphatic heterocycles. The van der Waals surface area contributed by atoms with Crippen LogP contribution in [-0.2, 0) is 4.79 Å². The van der Waals surface area contributed by atoms with Gasteiger partial charge >= 0.3 is 0 Å². The fraction of sp³-hybridized carbons (Fsp3) is 0.500. The predicted molar refractivity (Wildman–Crippen MR) is 82.5 cm³/mol. The molecule has 1 aliphatic rings. The minimum atomic E-state index is -0.180. The standard InChI is InChI=1S/C16H20BrNO2/c1-10-5-6-12(17)8-13(10)15(20)18-9-11(7-14(18)19)16(2,3)4/h5-6,8,11H,7,9H2,1-4H3. The maximum Gasteiger partial charge on any atom is 0.260 e. The van der Waals surface area contributed by atoms with Gasteiger partial charge in [0.25, 0.3) is 5.91 Å². The fourth-order valence-electron chi connectivity index (χ4n) is 2.45. The van der Waals surface area contributed by atoms with E-state index in [0.29, 0.717) is 18.5 Å². The van der Waals surface area contributed by atoms with Crippen molar-refractivity contribution >= 4 is 27.7 Å². The van der Waals surface area contributed by atoms with Gasteiger partial charge in [-0.15, -0.1) is 0 Å². The lowest BCUT2D eigenvalue weighted by Crippen LogP contribution is -2.34. The monoisotopic (exact) mass is 337 g/mol. The molecule has 0 aliphatic carbocycles. The van der Waals surface area contributed by atoms with E-state index in [-0.39, 0.29) is 23.1 Å². The van der Waals surface area contributed by atoms with Gasteiger partial charge in [-0.1, -0.05) is 42.8 Å². The first kappa shape index (κ1) is 15.2. The Morgan fingerprint density at radius 3 is 2.55 bits per heavy atom. The molecule has 1 unspecified atom stereocenters. The normalized spacial score (nSPS) is 19.6. The lowest BCUT2D eigenvalue weighted by molar-refractivity contribution is -0.125.